The first-order valence-corrected chi connectivity index (χ1v) is 13.7. The van der Waals surface area contributed by atoms with Crippen LogP contribution < -0.4 is 9.46 Å². The number of rotatable bonds is 11. The van der Waals surface area contributed by atoms with Gasteiger partial charge in [-0.25, -0.2) is 8.42 Å². The fraction of sp³-hybridized carbons (Fsp3) is 0.250. The zero-order valence-electron chi connectivity index (χ0n) is 18.8. The van der Waals surface area contributed by atoms with E-state index in [0.29, 0.717) is 11.3 Å². The number of aliphatic hydroxyl groups is 1. The lowest BCUT2D eigenvalue weighted by atomic mass is 10.1. The SMILES string of the molecule is Cc1ccc(S(=O)(=O)OCC(O)Cc2ccc(OCc3ccccc3)c(NS(C)(=O)=O)c2)cc1. The number of aliphatic hydroxyl groups excluding tert-OH is 1. The summed E-state index contributed by atoms with van der Waals surface area (Å²) < 4.78 is 61.5. The first kappa shape index (κ1) is 25.7. The fourth-order valence-electron chi connectivity index (χ4n) is 3.12. The Balaban J connectivity index is 1.68. The lowest BCUT2D eigenvalue weighted by Crippen LogP contribution is -2.21. The molecule has 0 aromatic heterocycles. The summed E-state index contributed by atoms with van der Waals surface area (Å²) >= 11 is 0. The maximum atomic E-state index is 12.3. The van der Waals surface area contributed by atoms with Crippen molar-refractivity contribution < 1.29 is 30.9 Å². The predicted octanol–water partition coefficient (Wildman–Crippen LogP) is 3.25. The number of sulfonamides is 1. The predicted molar refractivity (Wildman–Crippen MR) is 130 cm³/mol. The van der Waals surface area contributed by atoms with Gasteiger partial charge in [-0.1, -0.05) is 54.1 Å². The van der Waals surface area contributed by atoms with E-state index in [9.17, 15) is 21.9 Å². The topological polar surface area (TPSA) is 119 Å². The number of hydrogen-bond donors (Lipinski definition) is 2. The van der Waals surface area contributed by atoms with Crippen LogP contribution in [0, 0.1) is 6.92 Å². The van der Waals surface area contributed by atoms with Crippen LogP contribution in [0.5, 0.6) is 5.75 Å². The molecule has 3 aromatic carbocycles. The highest BCUT2D eigenvalue weighted by Crippen LogP contribution is 2.28. The third-order valence-electron chi connectivity index (χ3n) is 4.77. The Hall–Kier alpha value is -2.92. The summed E-state index contributed by atoms with van der Waals surface area (Å²) in [7, 11) is -7.60. The molecule has 34 heavy (non-hydrogen) atoms. The van der Waals surface area contributed by atoms with Crippen LogP contribution in [-0.4, -0.2) is 40.9 Å². The molecule has 0 saturated heterocycles. The maximum absolute atomic E-state index is 12.3. The lowest BCUT2D eigenvalue weighted by Gasteiger charge is -2.16. The summed E-state index contributed by atoms with van der Waals surface area (Å²) in [5.74, 6) is 0.325. The quantitative estimate of drug-likeness (QED) is 0.384. The van der Waals surface area contributed by atoms with Gasteiger partial charge >= 0.3 is 0 Å². The van der Waals surface area contributed by atoms with E-state index in [-0.39, 0.29) is 23.6 Å². The Morgan fingerprint density at radius 2 is 1.59 bits per heavy atom. The Morgan fingerprint density at radius 1 is 0.912 bits per heavy atom. The minimum atomic E-state index is -4.01. The molecular weight excluding hydrogens is 478 g/mol. The van der Waals surface area contributed by atoms with Gasteiger partial charge in [-0.05, 0) is 42.3 Å². The molecule has 0 aliphatic rings. The highest BCUT2D eigenvalue weighted by Gasteiger charge is 2.18. The Kier molecular flexibility index (Phi) is 8.32. The summed E-state index contributed by atoms with van der Waals surface area (Å²) in [6, 6.07) is 20.4. The molecule has 0 saturated carbocycles. The van der Waals surface area contributed by atoms with E-state index in [4.69, 9.17) is 8.92 Å². The van der Waals surface area contributed by atoms with Gasteiger partial charge in [0.1, 0.15) is 12.4 Å². The van der Waals surface area contributed by atoms with Crippen molar-refractivity contribution in [1.82, 2.24) is 0 Å². The number of aryl methyl sites for hydroxylation is 1. The van der Waals surface area contributed by atoms with Crippen LogP contribution in [0.3, 0.4) is 0 Å². The number of benzene rings is 3. The third kappa shape index (κ3) is 7.84. The van der Waals surface area contributed by atoms with Crippen molar-refractivity contribution in [3.8, 4) is 5.75 Å². The molecule has 8 nitrogen and oxygen atoms in total. The summed E-state index contributed by atoms with van der Waals surface area (Å²) in [5.41, 5.74) is 2.62. The second-order valence-electron chi connectivity index (χ2n) is 7.89. The van der Waals surface area contributed by atoms with E-state index < -0.39 is 32.9 Å². The molecule has 0 bridgehead atoms. The van der Waals surface area contributed by atoms with Crippen molar-refractivity contribution >= 4 is 25.8 Å². The minimum absolute atomic E-state index is 0.00450. The van der Waals surface area contributed by atoms with Gasteiger partial charge in [-0.15, -0.1) is 0 Å². The van der Waals surface area contributed by atoms with Crippen LogP contribution in [0.15, 0.2) is 77.7 Å². The van der Waals surface area contributed by atoms with Crippen molar-refractivity contribution in [1.29, 1.82) is 0 Å². The Bertz CT molecular complexity index is 1310. The smallest absolute Gasteiger partial charge is 0.297 e. The van der Waals surface area contributed by atoms with Crippen molar-refractivity contribution in [2.75, 3.05) is 17.6 Å². The van der Waals surface area contributed by atoms with E-state index >= 15 is 0 Å². The van der Waals surface area contributed by atoms with Gasteiger partial charge < -0.3 is 9.84 Å². The van der Waals surface area contributed by atoms with Crippen LogP contribution in [0.2, 0.25) is 0 Å². The monoisotopic (exact) mass is 505 g/mol. The zero-order valence-corrected chi connectivity index (χ0v) is 20.5. The molecule has 0 spiro atoms. The van der Waals surface area contributed by atoms with E-state index in [1.54, 1.807) is 30.3 Å². The normalized spacial score (nSPS) is 12.8. The molecule has 0 heterocycles. The van der Waals surface area contributed by atoms with Crippen LogP contribution in [0.25, 0.3) is 0 Å². The molecule has 3 aromatic rings. The first-order chi connectivity index (χ1) is 16.0. The molecule has 0 radical (unpaired) electrons. The first-order valence-electron chi connectivity index (χ1n) is 10.4. The number of anilines is 1. The van der Waals surface area contributed by atoms with Gasteiger partial charge in [-0.2, -0.15) is 8.42 Å². The maximum Gasteiger partial charge on any atom is 0.297 e. The van der Waals surface area contributed by atoms with Gasteiger partial charge in [0.2, 0.25) is 10.0 Å². The van der Waals surface area contributed by atoms with Crippen molar-refractivity contribution in [2.45, 2.75) is 31.0 Å². The molecule has 0 aliphatic heterocycles. The molecule has 1 atom stereocenters. The van der Waals surface area contributed by atoms with Gasteiger partial charge in [0.05, 0.1) is 29.5 Å². The summed E-state index contributed by atoms with van der Waals surface area (Å²) in [4.78, 5) is 0.00450. The third-order valence-corrected chi connectivity index (χ3v) is 6.66. The summed E-state index contributed by atoms with van der Waals surface area (Å²) in [6.45, 7) is 1.63. The average molecular weight is 506 g/mol. The van der Waals surface area contributed by atoms with E-state index in [1.807, 2.05) is 37.3 Å². The molecule has 1 unspecified atom stereocenters. The second kappa shape index (κ2) is 11.0. The van der Waals surface area contributed by atoms with Gasteiger partial charge in [0.15, 0.2) is 0 Å². The average Bonchev–Trinajstić information content (AvgIpc) is 2.77. The highest BCUT2D eigenvalue weighted by molar-refractivity contribution is 7.92. The zero-order chi connectivity index (χ0) is 24.8. The van der Waals surface area contributed by atoms with Crippen LogP contribution in [-0.2, 0) is 37.4 Å². The fourth-order valence-corrected chi connectivity index (χ4v) is 4.62. The number of hydrogen-bond acceptors (Lipinski definition) is 7. The largest absolute Gasteiger partial charge is 0.487 e. The number of nitrogens with one attached hydrogen (secondary N) is 1. The molecule has 10 heteroatoms. The van der Waals surface area contributed by atoms with Crippen molar-refractivity contribution in [3.05, 3.63) is 89.5 Å². The standard InChI is InChI=1S/C24H27NO7S2/c1-18-8-11-22(12-9-18)34(29,30)32-17-21(26)14-20-10-13-24(23(15-20)25-33(2,27)28)31-16-19-6-4-3-5-7-19/h3-13,15,21,25-26H,14,16-17H2,1-2H3. The lowest BCUT2D eigenvalue weighted by molar-refractivity contribution is 0.111. The van der Waals surface area contributed by atoms with Crippen LogP contribution >= 0.6 is 0 Å². The van der Waals surface area contributed by atoms with Gasteiger partial charge in [0, 0.05) is 6.42 Å². The highest BCUT2D eigenvalue weighted by atomic mass is 32.2. The summed E-state index contributed by atoms with van der Waals surface area (Å²) in [5, 5.41) is 10.3. The molecule has 3 rings (SSSR count). The van der Waals surface area contributed by atoms with Crippen LogP contribution in [0.4, 0.5) is 5.69 Å². The molecular formula is C24H27NO7S2. The van der Waals surface area contributed by atoms with Gasteiger partial charge in [0.25, 0.3) is 10.1 Å². The Morgan fingerprint density at radius 3 is 2.24 bits per heavy atom. The molecule has 182 valence electrons. The van der Waals surface area contributed by atoms with Crippen LogP contribution in [0.1, 0.15) is 16.7 Å². The number of ether oxygens (including phenoxy) is 1. The van der Waals surface area contributed by atoms with E-state index in [0.717, 1.165) is 17.4 Å². The minimum Gasteiger partial charge on any atom is -0.487 e. The second-order valence-corrected chi connectivity index (χ2v) is 11.3. The molecule has 2 N–H and O–H groups in total. The molecule has 0 aliphatic carbocycles. The summed E-state index contributed by atoms with van der Waals surface area (Å²) in [6.07, 6.45) is -0.0671. The molecule has 0 fully saturated rings. The van der Waals surface area contributed by atoms with E-state index in [1.165, 1.54) is 12.1 Å². The van der Waals surface area contributed by atoms with Crippen molar-refractivity contribution in [3.63, 3.8) is 0 Å². The van der Waals surface area contributed by atoms with Gasteiger partial charge in [-0.3, -0.25) is 8.91 Å². The van der Waals surface area contributed by atoms with E-state index in [2.05, 4.69) is 4.72 Å². The van der Waals surface area contributed by atoms with Crippen molar-refractivity contribution in [2.24, 2.45) is 0 Å². The molecule has 0 amide bonds. The Labute approximate surface area is 200 Å².